The quantitative estimate of drug-likeness (QED) is 0.641. The number of hydrogen-bond donors (Lipinski definition) is 1. The number of piperidine rings is 1. The van der Waals surface area contributed by atoms with Crippen molar-refractivity contribution in [1.29, 1.82) is 0 Å². The number of carbonyl (C=O) groups excluding carboxylic acids is 1. The van der Waals surface area contributed by atoms with E-state index in [4.69, 9.17) is 0 Å². The van der Waals surface area contributed by atoms with Crippen molar-refractivity contribution < 1.29 is 13.2 Å². The summed E-state index contributed by atoms with van der Waals surface area (Å²) in [6.07, 6.45) is 2.12. The van der Waals surface area contributed by atoms with E-state index in [9.17, 15) is 13.2 Å². The van der Waals surface area contributed by atoms with Crippen LogP contribution in [0, 0.1) is 0 Å². The molecule has 1 unspecified atom stereocenters. The van der Waals surface area contributed by atoms with Gasteiger partial charge in [-0.3, -0.25) is 4.79 Å². The van der Waals surface area contributed by atoms with E-state index >= 15 is 0 Å². The second-order valence-corrected chi connectivity index (χ2v) is 10.6. The first-order chi connectivity index (χ1) is 14.3. The van der Waals surface area contributed by atoms with Crippen molar-refractivity contribution in [2.45, 2.75) is 43.3 Å². The molecule has 3 rings (SSSR count). The largest absolute Gasteiger partial charge is 0.351 e. The summed E-state index contributed by atoms with van der Waals surface area (Å²) < 4.78 is 28.5. The minimum atomic E-state index is -3.73. The lowest BCUT2D eigenvalue weighted by molar-refractivity contribution is -0.125. The van der Waals surface area contributed by atoms with Gasteiger partial charge in [-0.25, -0.2) is 8.42 Å². The first-order valence-corrected chi connectivity index (χ1v) is 12.3. The van der Waals surface area contributed by atoms with Crippen LogP contribution in [0.1, 0.15) is 30.4 Å². The summed E-state index contributed by atoms with van der Waals surface area (Å²) in [7, 11) is 0.269. The second-order valence-electron chi connectivity index (χ2n) is 7.81. The lowest BCUT2D eigenvalue weighted by atomic mass is 10.0. The fraction of sp³-hybridized carbons (Fsp3) is 0.409. The average Bonchev–Trinajstić information content (AvgIpc) is 2.73. The monoisotopic (exact) mass is 493 g/mol. The molecule has 1 aliphatic rings. The number of amides is 1. The molecular weight excluding hydrogens is 466 g/mol. The van der Waals surface area contributed by atoms with Gasteiger partial charge in [0.1, 0.15) is 6.04 Å². The molecule has 0 bridgehead atoms. The van der Waals surface area contributed by atoms with Crippen LogP contribution in [-0.4, -0.2) is 50.2 Å². The molecule has 8 heteroatoms. The fourth-order valence-electron chi connectivity index (χ4n) is 3.72. The Balaban J connectivity index is 1.75. The standard InChI is InChI=1S/C22H28BrN3O3S/c1-25(2)16-18-8-4-3-7-17(18)15-24-22(27)21-9-5-6-14-26(21)30(28,29)20-12-10-19(23)11-13-20/h3-4,7-8,10-13,21H,5-6,9,14-16H2,1-2H3,(H,24,27). The van der Waals surface area contributed by atoms with Crippen LogP contribution in [0.5, 0.6) is 0 Å². The molecule has 0 saturated carbocycles. The van der Waals surface area contributed by atoms with E-state index < -0.39 is 16.1 Å². The summed E-state index contributed by atoms with van der Waals surface area (Å²) in [6.45, 7) is 1.51. The Morgan fingerprint density at radius 2 is 1.77 bits per heavy atom. The van der Waals surface area contributed by atoms with Crippen LogP contribution >= 0.6 is 15.9 Å². The maximum Gasteiger partial charge on any atom is 0.243 e. The average molecular weight is 494 g/mol. The molecule has 2 aromatic carbocycles. The van der Waals surface area contributed by atoms with Gasteiger partial charge in [0.25, 0.3) is 0 Å². The van der Waals surface area contributed by atoms with E-state index in [1.54, 1.807) is 24.3 Å². The molecule has 1 atom stereocenters. The van der Waals surface area contributed by atoms with Gasteiger partial charge in [-0.05, 0) is 62.3 Å². The minimum absolute atomic E-state index is 0.210. The van der Waals surface area contributed by atoms with Gasteiger partial charge in [0.2, 0.25) is 15.9 Å². The molecule has 30 heavy (non-hydrogen) atoms. The third-order valence-corrected chi connectivity index (χ3v) is 7.69. The van der Waals surface area contributed by atoms with Crippen LogP contribution in [0.25, 0.3) is 0 Å². The highest BCUT2D eigenvalue weighted by Gasteiger charge is 2.37. The van der Waals surface area contributed by atoms with Gasteiger partial charge in [0.05, 0.1) is 4.90 Å². The summed E-state index contributed by atoms with van der Waals surface area (Å²) in [4.78, 5) is 15.3. The zero-order chi connectivity index (χ0) is 21.7. The van der Waals surface area contributed by atoms with Crippen molar-refractivity contribution >= 4 is 31.9 Å². The Morgan fingerprint density at radius 1 is 1.10 bits per heavy atom. The van der Waals surface area contributed by atoms with Gasteiger partial charge in [-0.15, -0.1) is 0 Å². The lowest BCUT2D eigenvalue weighted by Gasteiger charge is -2.33. The molecule has 0 radical (unpaired) electrons. The highest BCUT2D eigenvalue weighted by atomic mass is 79.9. The van der Waals surface area contributed by atoms with Crippen LogP contribution in [0.2, 0.25) is 0 Å². The molecule has 1 heterocycles. The van der Waals surface area contributed by atoms with Crippen LogP contribution in [0.3, 0.4) is 0 Å². The number of carbonyl (C=O) groups is 1. The van der Waals surface area contributed by atoms with Crippen LogP contribution in [-0.2, 0) is 27.9 Å². The first-order valence-electron chi connectivity index (χ1n) is 10.1. The Kier molecular flexibility index (Phi) is 7.68. The van der Waals surface area contributed by atoms with Crippen molar-refractivity contribution in [2.24, 2.45) is 0 Å². The minimum Gasteiger partial charge on any atom is -0.351 e. The molecule has 1 N–H and O–H groups in total. The number of sulfonamides is 1. The Morgan fingerprint density at radius 3 is 2.43 bits per heavy atom. The molecule has 1 fully saturated rings. The van der Waals surface area contributed by atoms with Gasteiger partial charge in [0.15, 0.2) is 0 Å². The van der Waals surface area contributed by atoms with Gasteiger partial charge in [-0.1, -0.05) is 46.6 Å². The topological polar surface area (TPSA) is 69.7 Å². The van der Waals surface area contributed by atoms with E-state index in [1.807, 2.05) is 38.4 Å². The van der Waals surface area contributed by atoms with Gasteiger partial charge in [0, 0.05) is 24.1 Å². The summed E-state index contributed by atoms with van der Waals surface area (Å²) in [6, 6.07) is 13.8. The summed E-state index contributed by atoms with van der Waals surface area (Å²) in [5.74, 6) is -0.241. The number of hydrogen-bond acceptors (Lipinski definition) is 4. The van der Waals surface area contributed by atoms with E-state index in [2.05, 4.69) is 26.1 Å². The predicted octanol–water partition coefficient (Wildman–Crippen LogP) is 3.37. The van der Waals surface area contributed by atoms with Gasteiger partial charge < -0.3 is 10.2 Å². The number of nitrogens with zero attached hydrogens (tertiary/aromatic N) is 2. The fourth-order valence-corrected chi connectivity index (χ4v) is 5.64. The van der Waals surface area contributed by atoms with Crippen molar-refractivity contribution in [3.8, 4) is 0 Å². The molecule has 0 aliphatic carbocycles. The first kappa shape index (κ1) is 22.9. The van der Waals surface area contributed by atoms with E-state index in [0.717, 1.165) is 35.0 Å². The van der Waals surface area contributed by atoms with Crippen LogP contribution < -0.4 is 5.32 Å². The maximum absolute atomic E-state index is 13.2. The molecule has 6 nitrogen and oxygen atoms in total. The molecule has 2 aromatic rings. The van der Waals surface area contributed by atoms with Gasteiger partial charge >= 0.3 is 0 Å². The molecule has 1 aliphatic heterocycles. The summed E-state index contributed by atoms with van der Waals surface area (Å²) in [5, 5.41) is 2.97. The van der Waals surface area contributed by atoms with Gasteiger partial charge in [-0.2, -0.15) is 4.31 Å². The zero-order valence-corrected chi connectivity index (χ0v) is 19.7. The normalized spacial score (nSPS) is 17.8. The SMILES string of the molecule is CN(C)Cc1ccccc1CNC(=O)C1CCCCN1S(=O)(=O)c1ccc(Br)cc1. The third-order valence-electron chi connectivity index (χ3n) is 5.23. The van der Waals surface area contributed by atoms with Crippen LogP contribution in [0.4, 0.5) is 0 Å². The zero-order valence-electron chi connectivity index (χ0n) is 17.3. The molecule has 0 aromatic heterocycles. The molecule has 0 spiro atoms. The van der Waals surface area contributed by atoms with Crippen molar-refractivity contribution in [2.75, 3.05) is 20.6 Å². The lowest BCUT2D eigenvalue weighted by Crippen LogP contribution is -2.51. The second kappa shape index (κ2) is 10.0. The van der Waals surface area contributed by atoms with Crippen molar-refractivity contribution in [3.05, 3.63) is 64.1 Å². The summed E-state index contributed by atoms with van der Waals surface area (Å²) >= 11 is 3.33. The highest BCUT2D eigenvalue weighted by molar-refractivity contribution is 9.10. The number of halogens is 1. The maximum atomic E-state index is 13.2. The van der Waals surface area contributed by atoms with E-state index in [0.29, 0.717) is 19.5 Å². The van der Waals surface area contributed by atoms with E-state index in [-0.39, 0.29) is 10.8 Å². The Labute approximate surface area is 187 Å². The number of benzene rings is 2. The Bertz CT molecular complexity index is 977. The summed E-state index contributed by atoms with van der Waals surface area (Å²) in [5.41, 5.74) is 2.18. The third kappa shape index (κ3) is 5.49. The molecular formula is C22H28BrN3O3S. The van der Waals surface area contributed by atoms with Crippen LogP contribution in [0.15, 0.2) is 57.9 Å². The predicted molar refractivity (Wildman–Crippen MR) is 121 cm³/mol. The molecule has 1 amide bonds. The molecule has 162 valence electrons. The van der Waals surface area contributed by atoms with Crippen molar-refractivity contribution in [3.63, 3.8) is 0 Å². The molecule has 1 saturated heterocycles. The van der Waals surface area contributed by atoms with E-state index in [1.165, 1.54) is 4.31 Å². The highest BCUT2D eigenvalue weighted by Crippen LogP contribution is 2.26. The number of nitrogens with one attached hydrogen (secondary N) is 1. The smallest absolute Gasteiger partial charge is 0.243 e. The Hall–Kier alpha value is -1.74. The van der Waals surface area contributed by atoms with Crippen molar-refractivity contribution in [1.82, 2.24) is 14.5 Å². The number of rotatable bonds is 7.